The molecule has 4 aromatic carbocycles. The van der Waals surface area contributed by atoms with Crippen LogP contribution < -0.4 is 11.1 Å². The summed E-state index contributed by atoms with van der Waals surface area (Å²) in [6.45, 7) is 9.88. The van der Waals surface area contributed by atoms with Crippen LogP contribution in [0.3, 0.4) is 0 Å². The highest BCUT2D eigenvalue weighted by Crippen LogP contribution is 2.47. The third-order valence-corrected chi connectivity index (χ3v) is 9.14. The standard InChI is InChI=1S/C20H23FN2O2.C19H19FN2O/c1-23(2)11-3-10-20(16-5-7-17(21)8-6-16)18-9-4-14(19(22)24)12-15(18)13-25-20;1-21-11-3-10-19(15-4-6-16(20)7-5-15)18-9-8-17(22-2)12-14(18)13-23-19/h4-9,12H,3,10-11,13H2,1-2H3,(H2,22,24);4-9,12,21H,3,10-11,13H2,1H3. The number of benzene rings is 4. The predicted octanol–water partition coefficient (Wildman–Crippen LogP) is 7.19. The van der Waals surface area contributed by atoms with Crippen LogP contribution in [0.15, 0.2) is 84.9 Å². The minimum atomic E-state index is -0.616. The van der Waals surface area contributed by atoms with E-state index in [1.807, 2.05) is 45.4 Å². The molecule has 0 aromatic heterocycles. The van der Waals surface area contributed by atoms with Crippen molar-refractivity contribution in [3.63, 3.8) is 0 Å². The van der Waals surface area contributed by atoms with E-state index >= 15 is 0 Å². The van der Waals surface area contributed by atoms with Crippen LogP contribution in [0, 0.1) is 18.2 Å². The lowest BCUT2D eigenvalue weighted by Crippen LogP contribution is -2.28. The molecule has 0 bridgehead atoms. The summed E-state index contributed by atoms with van der Waals surface area (Å²) in [6.07, 6.45) is 3.46. The summed E-state index contributed by atoms with van der Waals surface area (Å²) in [6, 6.07) is 24.2. The van der Waals surface area contributed by atoms with E-state index in [-0.39, 0.29) is 11.6 Å². The largest absolute Gasteiger partial charge is 0.366 e. The summed E-state index contributed by atoms with van der Waals surface area (Å²) in [7, 11) is 6.00. The lowest BCUT2D eigenvalue weighted by atomic mass is 9.81. The van der Waals surface area contributed by atoms with Gasteiger partial charge in [-0.3, -0.25) is 4.79 Å². The summed E-state index contributed by atoms with van der Waals surface area (Å²) < 4.78 is 39.2. The SMILES string of the molecule is CN(C)CCCC1(c2ccc(F)cc2)OCc2cc(C(N)=O)ccc21.[C-]#[N+]c1ccc2c(c1)COC2(CCCNC)c1ccc(F)cc1. The second-order valence-corrected chi connectivity index (χ2v) is 12.5. The Kier molecular flexibility index (Phi) is 11.0. The molecule has 0 aliphatic carbocycles. The van der Waals surface area contributed by atoms with Crippen molar-refractivity contribution in [2.24, 2.45) is 5.73 Å². The lowest BCUT2D eigenvalue weighted by molar-refractivity contribution is -0.0140. The summed E-state index contributed by atoms with van der Waals surface area (Å²) in [5, 5.41) is 3.16. The van der Waals surface area contributed by atoms with Gasteiger partial charge in [-0.1, -0.05) is 48.5 Å². The Bertz CT molecular complexity index is 1770. The van der Waals surface area contributed by atoms with Gasteiger partial charge in [0.2, 0.25) is 5.91 Å². The fourth-order valence-electron chi connectivity index (χ4n) is 6.76. The molecular weight excluding hydrogens is 610 g/mol. The molecule has 0 saturated heterocycles. The van der Waals surface area contributed by atoms with Crippen LogP contribution in [0.1, 0.15) is 69.4 Å². The van der Waals surface area contributed by atoms with Gasteiger partial charge in [-0.2, -0.15) is 0 Å². The van der Waals surface area contributed by atoms with E-state index in [1.54, 1.807) is 36.4 Å². The van der Waals surface area contributed by atoms with Crippen molar-refractivity contribution in [3.8, 4) is 0 Å². The highest BCUT2D eigenvalue weighted by molar-refractivity contribution is 5.93. The number of ether oxygens (including phenoxy) is 2. The molecule has 2 atom stereocenters. The Labute approximate surface area is 281 Å². The van der Waals surface area contributed by atoms with Gasteiger partial charge < -0.3 is 25.4 Å². The second-order valence-electron chi connectivity index (χ2n) is 12.5. The predicted molar refractivity (Wildman–Crippen MR) is 183 cm³/mol. The Hall–Kier alpha value is -4.46. The van der Waals surface area contributed by atoms with Gasteiger partial charge in [0.1, 0.15) is 22.8 Å². The van der Waals surface area contributed by atoms with E-state index in [4.69, 9.17) is 21.8 Å². The number of halogens is 2. The van der Waals surface area contributed by atoms with E-state index in [0.29, 0.717) is 24.5 Å². The molecule has 2 heterocycles. The number of carbonyl (C=O) groups excluding carboxylic acids is 1. The van der Waals surface area contributed by atoms with Gasteiger partial charge in [0.15, 0.2) is 5.69 Å². The minimum absolute atomic E-state index is 0.249. The number of amides is 1. The topological polar surface area (TPSA) is 81.2 Å². The third kappa shape index (κ3) is 7.33. The molecule has 48 heavy (non-hydrogen) atoms. The number of hydrogen-bond donors (Lipinski definition) is 2. The van der Waals surface area contributed by atoms with Crippen molar-refractivity contribution >= 4 is 11.6 Å². The molecule has 9 heteroatoms. The van der Waals surface area contributed by atoms with E-state index < -0.39 is 17.1 Å². The fourth-order valence-corrected chi connectivity index (χ4v) is 6.76. The van der Waals surface area contributed by atoms with Gasteiger partial charge in [0.25, 0.3) is 0 Å². The Morgan fingerprint density at radius 2 is 1.35 bits per heavy atom. The molecule has 2 aliphatic heterocycles. The van der Waals surface area contributed by atoms with Gasteiger partial charge >= 0.3 is 0 Å². The number of primary amides is 1. The van der Waals surface area contributed by atoms with Gasteiger partial charge in [-0.05, 0) is 130 Å². The van der Waals surface area contributed by atoms with Crippen molar-refractivity contribution in [1.82, 2.24) is 10.2 Å². The molecule has 4 aromatic rings. The van der Waals surface area contributed by atoms with Crippen LogP contribution in [0.2, 0.25) is 0 Å². The first-order valence-electron chi connectivity index (χ1n) is 16.2. The number of nitrogens with one attached hydrogen (secondary N) is 1. The van der Waals surface area contributed by atoms with Crippen LogP contribution in [-0.2, 0) is 33.9 Å². The first-order valence-corrected chi connectivity index (χ1v) is 16.2. The maximum Gasteiger partial charge on any atom is 0.248 e. The quantitative estimate of drug-likeness (QED) is 0.132. The van der Waals surface area contributed by atoms with Crippen LogP contribution in [0.5, 0.6) is 0 Å². The summed E-state index contributed by atoms with van der Waals surface area (Å²) >= 11 is 0. The molecule has 1 amide bonds. The van der Waals surface area contributed by atoms with Gasteiger partial charge in [0, 0.05) is 5.56 Å². The lowest BCUT2D eigenvalue weighted by Gasteiger charge is -2.31. The first kappa shape index (κ1) is 34.9. The fraction of sp³-hybridized carbons (Fsp3) is 0.333. The number of hydrogen-bond acceptors (Lipinski definition) is 5. The van der Waals surface area contributed by atoms with Crippen molar-refractivity contribution in [2.75, 3.05) is 34.2 Å². The van der Waals surface area contributed by atoms with Crippen molar-refractivity contribution in [2.45, 2.75) is 50.1 Å². The normalized spacial score (nSPS) is 19.3. The molecule has 7 nitrogen and oxygen atoms in total. The minimum Gasteiger partial charge on any atom is -0.366 e. The van der Waals surface area contributed by atoms with Crippen LogP contribution in [0.4, 0.5) is 14.5 Å². The number of nitrogens with zero attached hydrogens (tertiary/aromatic N) is 2. The molecular formula is C39H42F2N4O3. The maximum absolute atomic E-state index is 13.4. The highest BCUT2D eigenvalue weighted by atomic mass is 19.1. The molecule has 6 rings (SSSR count). The molecule has 2 aliphatic rings. The molecule has 0 radical (unpaired) electrons. The highest BCUT2D eigenvalue weighted by Gasteiger charge is 2.42. The maximum atomic E-state index is 13.4. The van der Waals surface area contributed by atoms with Crippen molar-refractivity contribution < 1.29 is 23.0 Å². The summed E-state index contributed by atoms with van der Waals surface area (Å²) in [4.78, 5) is 17.1. The van der Waals surface area contributed by atoms with Crippen molar-refractivity contribution in [3.05, 3.63) is 147 Å². The zero-order chi connectivity index (χ0) is 34.3. The molecule has 0 fully saturated rings. The van der Waals surface area contributed by atoms with E-state index in [9.17, 15) is 13.6 Å². The molecule has 0 saturated carbocycles. The molecule has 2 unspecified atom stereocenters. The monoisotopic (exact) mass is 652 g/mol. The molecule has 250 valence electrons. The van der Waals surface area contributed by atoms with E-state index in [1.165, 1.54) is 24.3 Å². The average Bonchev–Trinajstić information content (AvgIpc) is 3.64. The van der Waals surface area contributed by atoms with E-state index in [2.05, 4.69) is 15.1 Å². The Morgan fingerprint density at radius 3 is 1.85 bits per heavy atom. The van der Waals surface area contributed by atoms with Gasteiger partial charge in [0.05, 0.1) is 19.8 Å². The average molecular weight is 653 g/mol. The van der Waals surface area contributed by atoms with Crippen LogP contribution in [0.25, 0.3) is 4.85 Å². The number of nitrogens with two attached hydrogens (primary N) is 1. The number of rotatable bonds is 11. The smallest absolute Gasteiger partial charge is 0.248 e. The number of carbonyl (C=O) groups is 1. The van der Waals surface area contributed by atoms with Gasteiger partial charge in [-0.15, -0.1) is 0 Å². The summed E-state index contributed by atoms with van der Waals surface area (Å²) in [5.74, 6) is -0.968. The zero-order valence-electron chi connectivity index (χ0n) is 27.7. The Morgan fingerprint density at radius 1 is 0.833 bits per heavy atom. The molecule has 3 N–H and O–H groups in total. The van der Waals surface area contributed by atoms with Gasteiger partial charge in [-0.25, -0.2) is 13.6 Å². The third-order valence-electron chi connectivity index (χ3n) is 9.14. The van der Waals surface area contributed by atoms with E-state index in [0.717, 1.165) is 72.2 Å². The summed E-state index contributed by atoms with van der Waals surface area (Å²) in [5.41, 5.74) is 11.3. The van der Waals surface area contributed by atoms with Crippen LogP contribution >= 0.6 is 0 Å². The van der Waals surface area contributed by atoms with Crippen molar-refractivity contribution in [1.29, 1.82) is 0 Å². The van der Waals surface area contributed by atoms with Crippen LogP contribution in [-0.4, -0.2) is 45.0 Å². The second kappa shape index (κ2) is 15.2. The Balaban J connectivity index is 0.000000188. The first-order chi connectivity index (χ1) is 23.1. The molecule has 0 spiro atoms. The zero-order valence-corrected chi connectivity index (χ0v) is 27.7. The number of fused-ring (bicyclic) bond motifs is 2.